The summed E-state index contributed by atoms with van der Waals surface area (Å²) in [5.74, 6) is -5.49. The molecular formula is C10H9F3O. The Morgan fingerprint density at radius 1 is 1.36 bits per heavy atom. The Bertz CT molecular complexity index is 351. The quantitative estimate of drug-likeness (QED) is 0.779. The Morgan fingerprint density at radius 2 is 2.07 bits per heavy atom. The molecule has 0 radical (unpaired) electrons. The zero-order valence-corrected chi connectivity index (χ0v) is 7.25. The summed E-state index contributed by atoms with van der Waals surface area (Å²) in [5.41, 5.74) is 0.258. The Hall–Kier alpha value is -1.03. The molecule has 2 rings (SSSR count). The van der Waals surface area contributed by atoms with Gasteiger partial charge in [-0.2, -0.15) is 0 Å². The minimum Gasteiger partial charge on any atom is -0.396 e. The van der Waals surface area contributed by atoms with Crippen molar-refractivity contribution < 1.29 is 18.3 Å². The van der Waals surface area contributed by atoms with Crippen molar-refractivity contribution in [1.82, 2.24) is 0 Å². The molecule has 1 fully saturated rings. The fourth-order valence-corrected chi connectivity index (χ4v) is 1.77. The van der Waals surface area contributed by atoms with Crippen LogP contribution < -0.4 is 0 Å². The van der Waals surface area contributed by atoms with E-state index in [4.69, 9.17) is 5.11 Å². The van der Waals surface area contributed by atoms with Crippen molar-refractivity contribution in [2.24, 2.45) is 5.92 Å². The summed E-state index contributed by atoms with van der Waals surface area (Å²) in [6.07, 6.45) is 0. The number of hydrogen-bond donors (Lipinski definition) is 1. The third kappa shape index (κ3) is 1.30. The average Bonchev–Trinajstić information content (AvgIpc) is 2.68. The predicted molar refractivity (Wildman–Crippen MR) is 44.7 cm³/mol. The lowest BCUT2D eigenvalue weighted by Crippen LogP contribution is -1.97. The van der Waals surface area contributed by atoms with Crippen molar-refractivity contribution in [2.45, 2.75) is 11.8 Å². The van der Waals surface area contributed by atoms with E-state index in [0.717, 1.165) is 6.07 Å². The molecule has 0 aliphatic heterocycles. The van der Waals surface area contributed by atoms with Crippen LogP contribution in [0, 0.1) is 11.7 Å². The number of halogens is 3. The van der Waals surface area contributed by atoms with Crippen LogP contribution >= 0.6 is 0 Å². The first-order chi connectivity index (χ1) is 6.57. The van der Waals surface area contributed by atoms with E-state index in [-0.39, 0.29) is 5.56 Å². The van der Waals surface area contributed by atoms with Gasteiger partial charge in [0.15, 0.2) is 0 Å². The molecule has 76 valence electrons. The normalized spacial score (nSPS) is 28.9. The van der Waals surface area contributed by atoms with Crippen molar-refractivity contribution in [1.29, 1.82) is 0 Å². The van der Waals surface area contributed by atoms with Crippen LogP contribution in [0.2, 0.25) is 0 Å². The summed E-state index contributed by atoms with van der Waals surface area (Å²) < 4.78 is 38.7. The van der Waals surface area contributed by atoms with E-state index >= 15 is 0 Å². The third-order valence-electron chi connectivity index (χ3n) is 2.61. The number of rotatable bonds is 2. The Labute approximate surface area is 79.2 Å². The molecule has 4 heteroatoms. The maximum Gasteiger partial charge on any atom is 0.261 e. The van der Waals surface area contributed by atoms with E-state index in [1.165, 1.54) is 18.2 Å². The fourth-order valence-electron chi connectivity index (χ4n) is 1.77. The maximum atomic E-state index is 13.0. The first kappa shape index (κ1) is 9.52. The molecule has 0 spiro atoms. The van der Waals surface area contributed by atoms with Gasteiger partial charge >= 0.3 is 0 Å². The second-order valence-corrected chi connectivity index (χ2v) is 3.50. The van der Waals surface area contributed by atoms with Gasteiger partial charge in [0.1, 0.15) is 5.82 Å². The SMILES string of the molecule is OC[C@H]1[C@H](c2cccc(F)c2)C1(F)F. The molecule has 1 aliphatic carbocycles. The van der Waals surface area contributed by atoms with Gasteiger partial charge in [-0.3, -0.25) is 0 Å². The van der Waals surface area contributed by atoms with Crippen LogP contribution in [-0.2, 0) is 0 Å². The molecule has 1 saturated carbocycles. The number of alkyl halides is 2. The van der Waals surface area contributed by atoms with Gasteiger partial charge in [0.25, 0.3) is 5.92 Å². The lowest BCUT2D eigenvalue weighted by atomic mass is 10.1. The predicted octanol–water partition coefficient (Wildman–Crippen LogP) is 2.17. The maximum absolute atomic E-state index is 13.0. The minimum absolute atomic E-state index is 0.258. The summed E-state index contributed by atoms with van der Waals surface area (Å²) in [6, 6.07) is 5.15. The molecule has 1 aromatic carbocycles. The summed E-state index contributed by atoms with van der Waals surface area (Å²) in [7, 11) is 0. The first-order valence-corrected chi connectivity index (χ1v) is 4.31. The van der Waals surface area contributed by atoms with Gasteiger partial charge in [0, 0.05) is 0 Å². The highest BCUT2D eigenvalue weighted by molar-refractivity contribution is 5.32. The van der Waals surface area contributed by atoms with Crippen LogP contribution in [-0.4, -0.2) is 17.6 Å². The lowest BCUT2D eigenvalue weighted by molar-refractivity contribution is 0.0785. The van der Waals surface area contributed by atoms with Gasteiger partial charge in [-0.25, -0.2) is 13.2 Å². The molecule has 1 N–H and O–H groups in total. The topological polar surface area (TPSA) is 20.2 Å². The van der Waals surface area contributed by atoms with E-state index in [9.17, 15) is 13.2 Å². The van der Waals surface area contributed by atoms with Crippen LogP contribution in [0.5, 0.6) is 0 Å². The summed E-state index contributed by atoms with van der Waals surface area (Å²) in [5, 5.41) is 8.67. The van der Waals surface area contributed by atoms with E-state index < -0.39 is 30.2 Å². The zero-order chi connectivity index (χ0) is 10.3. The molecule has 1 aromatic rings. The standard InChI is InChI=1S/C10H9F3O/c11-7-3-1-2-6(4-7)9-8(5-14)10(9,12)13/h1-4,8-9,14H,5H2/t8-,9-/m0/s1. The molecule has 0 heterocycles. The molecule has 0 aromatic heterocycles. The Kier molecular flexibility index (Phi) is 2.03. The first-order valence-electron chi connectivity index (χ1n) is 4.31. The van der Waals surface area contributed by atoms with Gasteiger partial charge in [-0.15, -0.1) is 0 Å². The van der Waals surface area contributed by atoms with Crippen molar-refractivity contribution in [3.63, 3.8) is 0 Å². The molecule has 1 aliphatic rings. The molecular weight excluding hydrogens is 193 g/mol. The van der Waals surface area contributed by atoms with Crippen LogP contribution in [0.15, 0.2) is 24.3 Å². The highest BCUT2D eigenvalue weighted by Crippen LogP contribution is 2.61. The molecule has 14 heavy (non-hydrogen) atoms. The van der Waals surface area contributed by atoms with Crippen LogP contribution in [0.25, 0.3) is 0 Å². The van der Waals surface area contributed by atoms with Crippen LogP contribution in [0.3, 0.4) is 0 Å². The number of aliphatic hydroxyl groups is 1. The van der Waals surface area contributed by atoms with Crippen molar-refractivity contribution >= 4 is 0 Å². The average molecular weight is 202 g/mol. The van der Waals surface area contributed by atoms with Gasteiger partial charge < -0.3 is 5.11 Å². The highest BCUT2D eigenvalue weighted by atomic mass is 19.3. The molecule has 0 amide bonds. The zero-order valence-electron chi connectivity index (χ0n) is 7.25. The summed E-state index contributed by atoms with van der Waals surface area (Å²) in [4.78, 5) is 0. The van der Waals surface area contributed by atoms with E-state index in [2.05, 4.69) is 0 Å². The lowest BCUT2D eigenvalue weighted by Gasteiger charge is -1.98. The van der Waals surface area contributed by atoms with Gasteiger partial charge in [-0.1, -0.05) is 12.1 Å². The highest BCUT2D eigenvalue weighted by Gasteiger charge is 2.68. The summed E-state index contributed by atoms with van der Waals surface area (Å²) >= 11 is 0. The smallest absolute Gasteiger partial charge is 0.261 e. The van der Waals surface area contributed by atoms with Crippen LogP contribution in [0.1, 0.15) is 11.5 Å². The second-order valence-electron chi connectivity index (χ2n) is 3.50. The van der Waals surface area contributed by atoms with E-state index in [1.54, 1.807) is 0 Å². The third-order valence-corrected chi connectivity index (χ3v) is 2.61. The van der Waals surface area contributed by atoms with Crippen molar-refractivity contribution in [3.8, 4) is 0 Å². The molecule has 1 nitrogen and oxygen atoms in total. The molecule has 0 bridgehead atoms. The monoisotopic (exact) mass is 202 g/mol. The number of hydrogen-bond acceptors (Lipinski definition) is 1. The van der Waals surface area contributed by atoms with Gasteiger partial charge in [-0.05, 0) is 17.7 Å². The largest absolute Gasteiger partial charge is 0.396 e. The molecule has 2 atom stereocenters. The van der Waals surface area contributed by atoms with Gasteiger partial charge in [0.2, 0.25) is 0 Å². The minimum atomic E-state index is -2.89. The number of aliphatic hydroxyl groups excluding tert-OH is 1. The van der Waals surface area contributed by atoms with E-state index in [1.807, 2.05) is 0 Å². The molecule has 0 saturated heterocycles. The molecule has 0 unspecified atom stereocenters. The Morgan fingerprint density at radius 3 is 2.57 bits per heavy atom. The van der Waals surface area contributed by atoms with Crippen molar-refractivity contribution in [2.75, 3.05) is 6.61 Å². The number of benzene rings is 1. The Balaban J connectivity index is 2.26. The van der Waals surface area contributed by atoms with Gasteiger partial charge in [0.05, 0.1) is 18.4 Å². The van der Waals surface area contributed by atoms with E-state index in [0.29, 0.717) is 0 Å². The fraction of sp³-hybridized carbons (Fsp3) is 0.400. The van der Waals surface area contributed by atoms with Crippen molar-refractivity contribution in [3.05, 3.63) is 35.6 Å². The summed E-state index contributed by atoms with van der Waals surface area (Å²) in [6.45, 7) is -0.561. The second kappa shape index (κ2) is 2.98. The van der Waals surface area contributed by atoms with Crippen LogP contribution in [0.4, 0.5) is 13.2 Å².